The van der Waals surface area contributed by atoms with Crippen LogP contribution in [0.5, 0.6) is 0 Å². The molecule has 0 rings (SSSR count). The molecular weight excluding hydrogens is 695 g/mol. The van der Waals surface area contributed by atoms with Crippen molar-refractivity contribution in [3.05, 3.63) is 48.6 Å². The van der Waals surface area contributed by atoms with Crippen molar-refractivity contribution in [2.75, 3.05) is 39.5 Å². The molecule has 56 heavy (non-hydrogen) atoms. The highest BCUT2D eigenvalue weighted by Gasteiger charge is 2.06. The summed E-state index contributed by atoms with van der Waals surface area (Å²) in [4.78, 5) is 26.5. The molecule has 0 aliphatic rings. The second-order valence-electron chi connectivity index (χ2n) is 15.8. The molecular formula is C50H91NO5. The van der Waals surface area contributed by atoms with Crippen LogP contribution in [0.1, 0.15) is 219 Å². The Morgan fingerprint density at radius 2 is 0.750 bits per heavy atom. The molecule has 0 aliphatic heterocycles. The molecule has 0 saturated heterocycles. The summed E-state index contributed by atoms with van der Waals surface area (Å²) in [6.07, 6.45) is 54.0. The molecule has 0 aromatic carbocycles. The molecule has 0 aromatic rings. The Morgan fingerprint density at radius 1 is 0.411 bits per heavy atom. The summed E-state index contributed by atoms with van der Waals surface area (Å²) >= 11 is 0. The van der Waals surface area contributed by atoms with Gasteiger partial charge in [0.05, 0.1) is 19.8 Å². The monoisotopic (exact) mass is 786 g/mol. The summed E-state index contributed by atoms with van der Waals surface area (Å²) in [5.74, 6) is -0.0919. The molecule has 0 unspecified atom stereocenters. The minimum Gasteiger partial charge on any atom is -0.466 e. The molecule has 0 heterocycles. The molecule has 6 heteroatoms. The fraction of sp³-hybridized carbons (Fsp3) is 0.800. The zero-order valence-electron chi connectivity index (χ0n) is 37.0. The van der Waals surface area contributed by atoms with E-state index >= 15 is 0 Å². The van der Waals surface area contributed by atoms with Gasteiger partial charge in [0.2, 0.25) is 0 Å². The Labute approximate surface area is 347 Å². The standard InChI is InChI=1S/C50H91NO5/c1-3-5-7-9-11-13-15-17-19-21-23-25-27-29-35-41-49(53)55-47-39-33-31-37-43-51(45-46-52)44-38-32-34-40-48-56-50(54)42-36-30-28-26-24-22-20-18-16-14-12-10-8-6-4-2/h11-14,17-20,52H,3-10,15-16,21-48H2,1-2H3/b13-11-,14-12-,19-17-,20-18-. The Morgan fingerprint density at radius 3 is 1.14 bits per heavy atom. The Kier molecular flexibility index (Phi) is 45.4. The van der Waals surface area contributed by atoms with Gasteiger partial charge in [-0.15, -0.1) is 0 Å². The number of carbonyl (C=O) groups is 2. The Hall–Kier alpha value is -2.18. The first kappa shape index (κ1) is 53.8. The molecule has 0 aromatic heterocycles. The van der Waals surface area contributed by atoms with Crippen LogP contribution in [0.3, 0.4) is 0 Å². The molecule has 0 aliphatic carbocycles. The summed E-state index contributed by atoms with van der Waals surface area (Å²) in [7, 11) is 0. The van der Waals surface area contributed by atoms with E-state index in [9.17, 15) is 14.7 Å². The number of hydrogen-bond acceptors (Lipinski definition) is 6. The largest absolute Gasteiger partial charge is 0.466 e. The summed E-state index contributed by atoms with van der Waals surface area (Å²) in [6, 6.07) is 0. The second-order valence-corrected chi connectivity index (χ2v) is 15.8. The lowest BCUT2D eigenvalue weighted by Gasteiger charge is -2.21. The van der Waals surface area contributed by atoms with Crippen LogP contribution < -0.4 is 0 Å². The minimum atomic E-state index is -0.0459. The van der Waals surface area contributed by atoms with Gasteiger partial charge < -0.3 is 19.5 Å². The maximum atomic E-state index is 12.1. The van der Waals surface area contributed by atoms with Crippen molar-refractivity contribution >= 4 is 11.9 Å². The maximum Gasteiger partial charge on any atom is 0.305 e. The zero-order valence-corrected chi connectivity index (χ0v) is 37.0. The number of allylic oxidation sites excluding steroid dienone is 8. The van der Waals surface area contributed by atoms with Crippen molar-refractivity contribution in [3.63, 3.8) is 0 Å². The van der Waals surface area contributed by atoms with Crippen LogP contribution in [0.4, 0.5) is 0 Å². The maximum absolute atomic E-state index is 12.1. The highest BCUT2D eigenvalue weighted by molar-refractivity contribution is 5.69. The minimum absolute atomic E-state index is 0.0459. The third-order valence-corrected chi connectivity index (χ3v) is 10.3. The summed E-state index contributed by atoms with van der Waals surface area (Å²) in [5.41, 5.74) is 0. The molecule has 1 N–H and O–H groups in total. The van der Waals surface area contributed by atoms with Crippen LogP contribution in [0.15, 0.2) is 48.6 Å². The quantitative estimate of drug-likeness (QED) is 0.0377. The average molecular weight is 786 g/mol. The Balaban J connectivity index is 3.56. The summed E-state index contributed by atoms with van der Waals surface area (Å²) < 4.78 is 10.9. The number of rotatable bonds is 44. The number of aliphatic hydroxyl groups excluding tert-OH is 1. The molecule has 0 bridgehead atoms. The van der Waals surface area contributed by atoms with Crippen LogP contribution in [0, 0.1) is 0 Å². The van der Waals surface area contributed by atoms with Gasteiger partial charge in [0, 0.05) is 19.4 Å². The van der Waals surface area contributed by atoms with E-state index < -0.39 is 0 Å². The molecule has 0 atom stereocenters. The van der Waals surface area contributed by atoms with Crippen molar-refractivity contribution in [3.8, 4) is 0 Å². The van der Waals surface area contributed by atoms with E-state index in [1.165, 1.54) is 89.9 Å². The van der Waals surface area contributed by atoms with Crippen molar-refractivity contribution in [2.24, 2.45) is 0 Å². The van der Waals surface area contributed by atoms with Crippen LogP contribution in [0.25, 0.3) is 0 Å². The number of hydrogen-bond donors (Lipinski definition) is 1. The van der Waals surface area contributed by atoms with Crippen LogP contribution >= 0.6 is 0 Å². The van der Waals surface area contributed by atoms with E-state index in [1.54, 1.807) is 0 Å². The van der Waals surface area contributed by atoms with E-state index in [-0.39, 0.29) is 18.5 Å². The molecule has 6 nitrogen and oxygen atoms in total. The first-order chi connectivity index (χ1) is 27.6. The van der Waals surface area contributed by atoms with Gasteiger partial charge in [-0.05, 0) is 116 Å². The Bertz CT molecular complexity index is 870. The lowest BCUT2D eigenvalue weighted by Crippen LogP contribution is -2.29. The zero-order chi connectivity index (χ0) is 40.7. The SMILES string of the molecule is CCCCC/C=C\C/C=C\CCCCCCCC(=O)OCCCCCCN(CCO)CCCCCCOC(=O)CCCCCCC/C=C\C/C=C\CCCCC. The average Bonchev–Trinajstić information content (AvgIpc) is 3.20. The molecule has 0 amide bonds. The second kappa shape index (κ2) is 47.2. The molecule has 0 fully saturated rings. The normalized spacial score (nSPS) is 12.1. The lowest BCUT2D eigenvalue weighted by atomic mass is 10.1. The molecule has 0 spiro atoms. The summed E-state index contributed by atoms with van der Waals surface area (Å²) in [6.45, 7) is 8.47. The fourth-order valence-corrected chi connectivity index (χ4v) is 6.74. The number of unbranched alkanes of at least 4 members (excludes halogenated alkanes) is 22. The number of ether oxygens (including phenoxy) is 2. The van der Waals surface area contributed by atoms with Gasteiger partial charge in [0.1, 0.15) is 0 Å². The van der Waals surface area contributed by atoms with Crippen LogP contribution in [-0.2, 0) is 19.1 Å². The van der Waals surface area contributed by atoms with Crippen LogP contribution in [0.2, 0.25) is 0 Å². The first-order valence-electron chi connectivity index (χ1n) is 23.9. The number of aliphatic hydroxyl groups is 1. The summed E-state index contributed by atoms with van der Waals surface area (Å²) in [5, 5.41) is 9.51. The highest BCUT2D eigenvalue weighted by atomic mass is 16.5. The van der Waals surface area contributed by atoms with Gasteiger partial charge in [0.25, 0.3) is 0 Å². The smallest absolute Gasteiger partial charge is 0.305 e. The number of carbonyl (C=O) groups excluding carboxylic acids is 2. The predicted octanol–water partition coefficient (Wildman–Crippen LogP) is 14.1. The van der Waals surface area contributed by atoms with Gasteiger partial charge in [-0.25, -0.2) is 0 Å². The predicted molar refractivity (Wildman–Crippen MR) is 241 cm³/mol. The van der Waals surface area contributed by atoms with Crippen molar-refractivity contribution in [1.82, 2.24) is 4.90 Å². The van der Waals surface area contributed by atoms with E-state index in [1.807, 2.05) is 0 Å². The van der Waals surface area contributed by atoms with Gasteiger partial charge >= 0.3 is 11.9 Å². The van der Waals surface area contributed by atoms with Gasteiger partial charge in [0.15, 0.2) is 0 Å². The van der Waals surface area contributed by atoms with E-state index in [0.29, 0.717) is 26.1 Å². The third kappa shape index (κ3) is 44.5. The molecule has 326 valence electrons. The molecule has 0 saturated carbocycles. The number of esters is 2. The van der Waals surface area contributed by atoms with Gasteiger partial charge in [-0.2, -0.15) is 0 Å². The third-order valence-electron chi connectivity index (χ3n) is 10.3. The van der Waals surface area contributed by atoms with Crippen molar-refractivity contribution in [2.45, 2.75) is 219 Å². The van der Waals surface area contributed by atoms with E-state index in [2.05, 4.69) is 67.4 Å². The topological polar surface area (TPSA) is 76.1 Å². The lowest BCUT2D eigenvalue weighted by molar-refractivity contribution is -0.144. The molecule has 0 radical (unpaired) electrons. The van der Waals surface area contributed by atoms with Crippen molar-refractivity contribution < 1.29 is 24.2 Å². The van der Waals surface area contributed by atoms with E-state index in [4.69, 9.17) is 9.47 Å². The van der Waals surface area contributed by atoms with Gasteiger partial charge in [-0.3, -0.25) is 9.59 Å². The highest BCUT2D eigenvalue weighted by Crippen LogP contribution is 2.12. The first-order valence-corrected chi connectivity index (χ1v) is 23.9. The van der Waals surface area contributed by atoms with Crippen LogP contribution in [-0.4, -0.2) is 61.4 Å². The fourth-order valence-electron chi connectivity index (χ4n) is 6.74. The number of nitrogens with zero attached hydrogens (tertiary/aromatic N) is 1. The van der Waals surface area contributed by atoms with E-state index in [0.717, 1.165) is 122 Å². The van der Waals surface area contributed by atoms with Crippen molar-refractivity contribution in [1.29, 1.82) is 0 Å². The van der Waals surface area contributed by atoms with Gasteiger partial charge in [-0.1, -0.05) is 152 Å².